The second-order valence-electron chi connectivity index (χ2n) is 10.0. The molecule has 3 unspecified atom stereocenters. The van der Waals surface area contributed by atoms with Crippen LogP contribution in [-0.2, 0) is 19.1 Å². The Kier molecular flexibility index (Phi) is 4.64. The molecule has 4 saturated carbocycles. The molecule has 1 aliphatic heterocycles. The zero-order valence-electron chi connectivity index (χ0n) is 16.6. The number of rotatable bonds is 5. The third-order valence-electron chi connectivity index (χ3n) is 7.48. The Bertz CT molecular complexity index is 659. The van der Waals surface area contributed by atoms with Gasteiger partial charge in [0.05, 0.1) is 16.9 Å². The van der Waals surface area contributed by atoms with Gasteiger partial charge in [-0.3, -0.25) is 14.4 Å². The van der Waals surface area contributed by atoms with Crippen LogP contribution in [0.15, 0.2) is 0 Å². The van der Waals surface area contributed by atoms with E-state index in [0.717, 1.165) is 50.7 Å². The molecule has 150 valence electrons. The lowest BCUT2D eigenvalue weighted by atomic mass is 9.47. The van der Waals surface area contributed by atoms with Gasteiger partial charge in [0, 0.05) is 12.2 Å². The van der Waals surface area contributed by atoms with E-state index in [0.29, 0.717) is 18.3 Å². The minimum absolute atomic E-state index is 0.0209. The molecule has 1 heterocycles. The quantitative estimate of drug-likeness (QED) is 0.724. The van der Waals surface area contributed by atoms with Crippen molar-refractivity contribution in [2.24, 2.45) is 22.7 Å². The van der Waals surface area contributed by atoms with E-state index in [-0.39, 0.29) is 23.0 Å². The Labute approximate surface area is 165 Å². The standard InChI is InChI=1S/C21H31NO4S/c1-4-19(2,3)18(25)26-21-10-13-7-14(11-21)9-20(8-13,12-21)17(24)22-15-5-6-27-16(15)23/h13-15H,4-12H2,1-3H3,(H,22,24). The summed E-state index contributed by atoms with van der Waals surface area (Å²) >= 11 is 1.31. The number of nitrogens with one attached hydrogen (secondary N) is 1. The first-order valence-electron chi connectivity index (χ1n) is 10.4. The summed E-state index contributed by atoms with van der Waals surface area (Å²) in [7, 11) is 0. The molecule has 4 aliphatic carbocycles. The first kappa shape index (κ1) is 19.3. The van der Waals surface area contributed by atoms with E-state index in [4.69, 9.17) is 4.74 Å². The predicted octanol–water partition coefficient (Wildman–Crippen LogP) is 3.45. The van der Waals surface area contributed by atoms with Crippen molar-refractivity contribution in [1.29, 1.82) is 0 Å². The smallest absolute Gasteiger partial charge is 0.312 e. The molecular formula is C21H31NO4S. The van der Waals surface area contributed by atoms with Crippen LogP contribution in [0, 0.1) is 22.7 Å². The van der Waals surface area contributed by atoms with Crippen molar-refractivity contribution in [3.05, 3.63) is 0 Å². The maximum atomic E-state index is 13.3. The lowest BCUT2D eigenvalue weighted by molar-refractivity contribution is -0.210. The summed E-state index contributed by atoms with van der Waals surface area (Å²) in [4.78, 5) is 38.0. The molecule has 0 aromatic rings. The monoisotopic (exact) mass is 393 g/mol. The van der Waals surface area contributed by atoms with Crippen molar-refractivity contribution in [3.8, 4) is 0 Å². The number of ether oxygens (including phenoxy) is 1. The third kappa shape index (κ3) is 3.32. The molecule has 0 aromatic heterocycles. The number of carbonyl (C=O) groups is 3. The van der Waals surface area contributed by atoms with Crippen molar-refractivity contribution in [2.45, 2.75) is 83.8 Å². The number of hydrogen-bond acceptors (Lipinski definition) is 5. The summed E-state index contributed by atoms with van der Waals surface area (Å²) in [6.45, 7) is 5.87. The number of carbonyl (C=O) groups excluding carboxylic acids is 3. The number of hydrogen-bond donors (Lipinski definition) is 1. The normalized spacial score (nSPS) is 40.3. The van der Waals surface area contributed by atoms with Crippen molar-refractivity contribution >= 4 is 28.8 Å². The number of thioether (sulfide) groups is 1. The molecule has 3 atom stereocenters. The topological polar surface area (TPSA) is 72.5 Å². The largest absolute Gasteiger partial charge is 0.459 e. The Morgan fingerprint density at radius 2 is 1.89 bits per heavy atom. The van der Waals surface area contributed by atoms with E-state index in [1.807, 2.05) is 20.8 Å². The van der Waals surface area contributed by atoms with Crippen molar-refractivity contribution in [1.82, 2.24) is 5.32 Å². The van der Waals surface area contributed by atoms with E-state index >= 15 is 0 Å². The van der Waals surface area contributed by atoms with Gasteiger partial charge in [0.25, 0.3) is 0 Å². The lowest BCUT2D eigenvalue weighted by Gasteiger charge is -2.60. The Balaban J connectivity index is 1.54. The van der Waals surface area contributed by atoms with Gasteiger partial charge in [-0.25, -0.2) is 0 Å². The zero-order valence-corrected chi connectivity index (χ0v) is 17.5. The Morgan fingerprint density at radius 3 is 2.44 bits per heavy atom. The van der Waals surface area contributed by atoms with Crippen LogP contribution in [-0.4, -0.2) is 34.4 Å². The molecule has 1 saturated heterocycles. The second kappa shape index (κ2) is 6.50. The average Bonchev–Trinajstić information content (AvgIpc) is 2.98. The molecule has 0 radical (unpaired) electrons. The van der Waals surface area contributed by atoms with Gasteiger partial charge in [0.15, 0.2) is 0 Å². The zero-order chi connectivity index (χ0) is 19.4. The Morgan fingerprint density at radius 1 is 1.22 bits per heavy atom. The van der Waals surface area contributed by atoms with Crippen LogP contribution < -0.4 is 5.32 Å². The molecule has 5 rings (SSSR count). The van der Waals surface area contributed by atoms with E-state index in [1.54, 1.807) is 0 Å². The summed E-state index contributed by atoms with van der Waals surface area (Å²) in [5.41, 5.74) is -1.44. The predicted molar refractivity (Wildman–Crippen MR) is 104 cm³/mol. The minimum Gasteiger partial charge on any atom is -0.459 e. The fourth-order valence-corrected chi connectivity index (χ4v) is 6.91. The van der Waals surface area contributed by atoms with Crippen molar-refractivity contribution in [2.75, 3.05) is 5.75 Å². The molecule has 6 heteroatoms. The lowest BCUT2D eigenvalue weighted by Crippen LogP contribution is -2.62. The molecule has 1 N–H and O–H groups in total. The third-order valence-corrected chi connectivity index (χ3v) is 8.48. The van der Waals surface area contributed by atoms with Gasteiger partial charge in [0.1, 0.15) is 5.60 Å². The molecule has 5 aliphatic rings. The van der Waals surface area contributed by atoms with Gasteiger partial charge in [-0.2, -0.15) is 0 Å². The van der Waals surface area contributed by atoms with Gasteiger partial charge in [-0.15, -0.1) is 0 Å². The van der Waals surface area contributed by atoms with Crippen molar-refractivity contribution < 1.29 is 19.1 Å². The van der Waals surface area contributed by atoms with Crippen LogP contribution in [0.2, 0.25) is 0 Å². The summed E-state index contributed by atoms with van der Waals surface area (Å²) in [5, 5.41) is 3.13. The van der Waals surface area contributed by atoms with Gasteiger partial charge < -0.3 is 10.1 Å². The molecule has 5 fully saturated rings. The van der Waals surface area contributed by atoms with Crippen molar-refractivity contribution in [3.63, 3.8) is 0 Å². The highest BCUT2D eigenvalue weighted by Gasteiger charge is 2.62. The fraction of sp³-hybridized carbons (Fsp3) is 0.857. The molecule has 4 bridgehead atoms. The number of esters is 1. The maximum absolute atomic E-state index is 13.3. The average molecular weight is 394 g/mol. The molecule has 5 nitrogen and oxygen atoms in total. The summed E-state index contributed by atoms with van der Waals surface area (Å²) < 4.78 is 6.18. The maximum Gasteiger partial charge on any atom is 0.312 e. The second-order valence-corrected chi connectivity index (χ2v) is 11.1. The van der Waals surface area contributed by atoms with E-state index < -0.39 is 16.4 Å². The van der Waals surface area contributed by atoms with Crippen LogP contribution >= 0.6 is 11.8 Å². The fourth-order valence-electron chi connectivity index (χ4n) is 5.98. The van der Waals surface area contributed by atoms with E-state index in [2.05, 4.69) is 5.32 Å². The van der Waals surface area contributed by atoms with Crippen LogP contribution in [0.5, 0.6) is 0 Å². The van der Waals surface area contributed by atoms with Crippen LogP contribution in [0.1, 0.15) is 72.1 Å². The van der Waals surface area contributed by atoms with Crippen LogP contribution in [0.4, 0.5) is 0 Å². The molecule has 27 heavy (non-hydrogen) atoms. The minimum atomic E-state index is -0.494. The first-order chi connectivity index (χ1) is 12.7. The highest BCUT2D eigenvalue weighted by Crippen LogP contribution is 2.63. The highest BCUT2D eigenvalue weighted by atomic mass is 32.2. The first-order valence-corrected chi connectivity index (χ1v) is 11.4. The van der Waals surface area contributed by atoms with Gasteiger partial charge in [-0.05, 0) is 70.6 Å². The van der Waals surface area contributed by atoms with Crippen LogP contribution in [0.3, 0.4) is 0 Å². The van der Waals surface area contributed by atoms with Gasteiger partial charge in [-0.1, -0.05) is 18.7 Å². The molecular weight excluding hydrogens is 362 g/mol. The molecule has 0 spiro atoms. The number of amides is 1. The van der Waals surface area contributed by atoms with Gasteiger partial charge >= 0.3 is 5.97 Å². The Hall–Kier alpha value is -1.04. The summed E-state index contributed by atoms with van der Waals surface area (Å²) in [6.07, 6.45) is 6.76. The van der Waals surface area contributed by atoms with Crippen LogP contribution in [0.25, 0.3) is 0 Å². The summed E-state index contributed by atoms with van der Waals surface area (Å²) in [6, 6.07) is -0.340. The van der Waals surface area contributed by atoms with Gasteiger partial charge in [0.2, 0.25) is 11.0 Å². The van der Waals surface area contributed by atoms with E-state index in [9.17, 15) is 14.4 Å². The van der Waals surface area contributed by atoms with E-state index in [1.165, 1.54) is 11.8 Å². The highest BCUT2D eigenvalue weighted by molar-refractivity contribution is 8.14. The molecule has 0 aromatic carbocycles. The summed E-state index contributed by atoms with van der Waals surface area (Å²) in [5.74, 6) is 1.57. The SMILES string of the molecule is CCC(C)(C)C(=O)OC12CC3CC(C1)CC(C(=O)NC1CCSC1=O)(C3)C2. The molecule has 1 amide bonds.